The van der Waals surface area contributed by atoms with Gasteiger partial charge in [0.05, 0.1) is 0 Å². The van der Waals surface area contributed by atoms with Gasteiger partial charge in [0.2, 0.25) is 0 Å². The van der Waals surface area contributed by atoms with Crippen molar-refractivity contribution >= 4 is 22.2 Å². The summed E-state index contributed by atoms with van der Waals surface area (Å²) < 4.78 is 12.9. The second kappa shape index (κ2) is 4.37. The molecular formula is C10H10FN3S. The van der Waals surface area contributed by atoms with E-state index in [1.54, 1.807) is 18.3 Å². The molecule has 0 aliphatic carbocycles. The molecule has 2 rings (SSSR count). The SMILES string of the molecule is NCc1cnc(Nc2cccc(F)c2)s1. The molecule has 3 nitrogen and oxygen atoms in total. The molecule has 0 fully saturated rings. The van der Waals surface area contributed by atoms with Crippen LogP contribution in [0, 0.1) is 5.82 Å². The zero-order valence-corrected chi connectivity index (χ0v) is 8.72. The van der Waals surface area contributed by atoms with Gasteiger partial charge in [-0.2, -0.15) is 0 Å². The average Bonchev–Trinajstić information content (AvgIpc) is 2.65. The molecule has 15 heavy (non-hydrogen) atoms. The zero-order chi connectivity index (χ0) is 10.7. The van der Waals surface area contributed by atoms with E-state index in [0.717, 1.165) is 10.0 Å². The second-order valence-electron chi connectivity index (χ2n) is 2.97. The molecule has 2 aromatic rings. The number of halogens is 1. The predicted octanol–water partition coefficient (Wildman–Crippen LogP) is 2.48. The topological polar surface area (TPSA) is 50.9 Å². The number of aromatic nitrogens is 1. The van der Waals surface area contributed by atoms with Crippen molar-refractivity contribution in [2.24, 2.45) is 5.73 Å². The van der Waals surface area contributed by atoms with Crippen LogP contribution in [-0.2, 0) is 6.54 Å². The molecule has 1 aromatic carbocycles. The molecule has 0 saturated carbocycles. The molecule has 0 saturated heterocycles. The van der Waals surface area contributed by atoms with Crippen molar-refractivity contribution < 1.29 is 4.39 Å². The summed E-state index contributed by atoms with van der Waals surface area (Å²) in [5.41, 5.74) is 6.15. The average molecular weight is 223 g/mol. The minimum atomic E-state index is -0.268. The van der Waals surface area contributed by atoms with E-state index in [1.807, 2.05) is 0 Å². The monoisotopic (exact) mass is 223 g/mol. The number of nitrogens with one attached hydrogen (secondary N) is 1. The quantitative estimate of drug-likeness (QED) is 0.840. The van der Waals surface area contributed by atoms with Crippen LogP contribution in [0.3, 0.4) is 0 Å². The Hall–Kier alpha value is -1.46. The molecular weight excluding hydrogens is 213 g/mol. The number of thiazole rings is 1. The summed E-state index contributed by atoms with van der Waals surface area (Å²) in [6, 6.07) is 6.25. The Morgan fingerprint density at radius 2 is 2.33 bits per heavy atom. The van der Waals surface area contributed by atoms with Gasteiger partial charge in [0, 0.05) is 23.3 Å². The van der Waals surface area contributed by atoms with Gasteiger partial charge in [0.15, 0.2) is 5.13 Å². The first kappa shape index (κ1) is 10.1. The first-order valence-corrected chi connectivity index (χ1v) is 5.27. The van der Waals surface area contributed by atoms with Crippen LogP contribution in [0.5, 0.6) is 0 Å². The molecule has 0 unspecified atom stereocenters. The van der Waals surface area contributed by atoms with Crippen LogP contribution in [0.1, 0.15) is 4.88 Å². The van der Waals surface area contributed by atoms with E-state index in [1.165, 1.54) is 23.5 Å². The lowest BCUT2D eigenvalue weighted by molar-refractivity contribution is 0.628. The van der Waals surface area contributed by atoms with Crippen molar-refractivity contribution in [1.82, 2.24) is 4.98 Å². The van der Waals surface area contributed by atoms with E-state index in [-0.39, 0.29) is 5.82 Å². The highest BCUT2D eigenvalue weighted by molar-refractivity contribution is 7.15. The fourth-order valence-corrected chi connectivity index (χ4v) is 1.86. The summed E-state index contributed by atoms with van der Waals surface area (Å²) in [5, 5.41) is 3.73. The fourth-order valence-electron chi connectivity index (χ4n) is 1.15. The summed E-state index contributed by atoms with van der Waals surface area (Å²) in [6.45, 7) is 0.475. The maximum atomic E-state index is 12.9. The van der Waals surface area contributed by atoms with Crippen molar-refractivity contribution in [3.05, 3.63) is 41.2 Å². The fraction of sp³-hybridized carbons (Fsp3) is 0.100. The first-order chi connectivity index (χ1) is 7.28. The Morgan fingerprint density at radius 3 is 3.00 bits per heavy atom. The maximum absolute atomic E-state index is 12.9. The molecule has 1 heterocycles. The van der Waals surface area contributed by atoms with E-state index < -0.39 is 0 Å². The molecule has 5 heteroatoms. The van der Waals surface area contributed by atoms with Crippen LogP contribution < -0.4 is 11.1 Å². The minimum absolute atomic E-state index is 0.268. The lowest BCUT2D eigenvalue weighted by Gasteiger charge is -2.01. The number of nitrogens with two attached hydrogens (primary N) is 1. The molecule has 0 aliphatic rings. The molecule has 3 N–H and O–H groups in total. The Labute approximate surface area is 90.8 Å². The number of hydrogen-bond donors (Lipinski definition) is 2. The number of hydrogen-bond acceptors (Lipinski definition) is 4. The third-order valence-electron chi connectivity index (χ3n) is 1.83. The molecule has 0 bridgehead atoms. The predicted molar refractivity (Wildman–Crippen MR) is 59.7 cm³/mol. The van der Waals surface area contributed by atoms with Gasteiger partial charge in [0.1, 0.15) is 5.82 Å². The van der Waals surface area contributed by atoms with Gasteiger partial charge in [0.25, 0.3) is 0 Å². The van der Waals surface area contributed by atoms with Crippen molar-refractivity contribution in [2.45, 2.75) is 6.54 Å². The summed E-state index contributed by atoms with van der Waals surface area (Å²) >= 11 is 1.46. The standard InChI is InChI=1S/C10H10FN3S/c11-7-2-1-3-8(4-7)14-10-13-6-9(5-12)15-10/h1-4,6H,5,12H2,(H,13,14). The normalized spacial score (nSPS) is 10.3. The number of nitrogens with zero attached hydrogens (tertiary/aromatic N) is 1. The Bertz CT molecular complexity index is 455. The van der Waals surface area contributed by atoms with Gasteiger partial charge in [-0.25, -0.2) is 9.37 Å². The lowest BCUT2D eigenvalue weighted by Crippen LogP contribution is -1.91. The largest absolute Gasteiger partial charge is 0.331 e. The second-order valence-corrected chi connectivity index (χ2v) is 4.09. The highest BCUT2D eigenvalue weighted by Gasteiger charge is 2.01. The number of anilines is 2. The van der Waals surface area contributed by atoms with Crippen LogP contribution in [-0.4, -0.2) is 4.98 Å². The van der Waals surface area contributed by atoms with Gasteiger partial charge in [-0.05, 0) is 18.2 Å². The summed E-state index contributed by atoms with van der Waals surface area (Å²) in [4.78, 5) is 5.11. The van der Waals surface area contributed by atoms with E-state index in [0.29, 0.717) is 12.2 Å². The van der Waals surface area contributed by atoms with Crippen molar-refractivity contribution in [3.8, 4) is 0 Å². The molecule has 0 aliphatic heterocycles. The van der Waals surface area contributed by atoms with Crippen LogP contribution >= 0.6 is 11.3 Å². The highest BCUT2D eigenvalue weighted by atomic mass is 32.1. The van der Waals surface area contributed by atoms with Crippen LogP contribution in [0.4, 0.5) is 15.2 Å². The van der Waals surface area contributed by atoms with Gasteiger partial charge in [-0.1, -0.05) is 6.07 Å². The lowest BCUT2D eigenvalue weighted by atomic mass is 10.3. The van der Waals surface area contributed by atoms with Gasteiger partial charge in [-0.15, -0.1) is 11.3 Å². The molecule has 0 radical (unpaired) electrons. The third kappa shape index (κ3) is 2.51. The van der Waals surface area contributed by atoms with Crippen LogP contribution in [0.2, 0.25) is 0 Å². The number of benzene rings is 1. The summed E-state index contributed by atoms with van der Waals surface area (Å²) in [7, 11) is 0. The van der Waals surface area contributed by atoms with E-state index >= 15 is 0 Å². The maximum Gasteiger partial charge on any atom is 0.187 e. The van der Waals surface area contributed by atoms with E-state index in [9.17, 15) is 4.39 Å². The van der Waals surface area contributed by atoms with Crippen molar-refractivity contribution in [3.63, 3.8) is 0 Å². The van der Waals surface area contributed by atoms with Gasteiger partial charge >= 0.3 is 0 Å². The minimum Gasteiger partial charge on any atom is -0.331 e. The van der Waals surface area contributed by atoms with Crippen LogP contribution in [0.15, 0.2) is 30.5 Å². The van der Waals surface area contributed by atoms with Gasteiger partial charge < -0.3 is 11.1 Å². The van der Waals surface area contributed by atoms with Gasteiger partial charge in [-0.3, -0.25) is 0 Å². The molecule has 0 atom stereocenters. The summed E-state index contributed by atoms with van der Waals surface area (Å²) in [6.07, 6.45) is 1.71. The molecule has 1 aromatic heterocycles. The Morgan fingerprint density at radius 1 is 1.47 bits per heavy atom. The summed E-state index contributed by atoms with van der Waals surface area (Å²) in [5.74, 6) is -0.268. The molecule has 78 valence electrons. The van der Waals surface area contributed by atoms with E-state index in [2.05, 4.69) is 10.3 Å². The molecule has 0 amide bonds. The number of rotatable bonds is 3. The first-order valence-electron chi connectivity index (χ1n) is 4.45. The Balaban J connectivity index is 2.14. The zero-order valence-electron chi connectivity index (χ0n) is 7.90. The van der Waals surface area contributed by atoms with Crippen molar-refractivity contribution in [1.29, 1.82) is 0 Å². The van der Waals surface area contributed by atoms with Crippen molar-refractivity contribution in [2.75, 3.05) is 5.32 Å². The molecule has 0 spiro atoms. The highest BCUT2D eigenvalue weighted by Crippen LogP contribution is 2.22. The Kier molecular flexibility index (Phi) is 2.94. The third-order valence-corrected chi connectivity index (χ3v) is 2.77. The van der Waals surface area contributed by atoms with E-state index in [4.69, 9.17) is 5.73 Å². The van der Waals surface area contributed by atoms with Crippen LogP contribution in [0.25, 0.3) is 0 Å². The smallest absolute Gasteiger partial charge is 0.187 e.